The number of nitrogen functional groups attached to an aromatic ring is 1. The van der Waals surface area contributed by atoms with Gasteiger partial charge in [0.25, 0.3) is 11.6 Å². The fourth-order valence-electron chi connectivity index (χ4n) is 2.14. The van der Waals surface area contributed by atoms with Crippen molar-refractivity contribution in [3.63, 3.8) is 0 Å². The number of hydrogen-bond acceptors (Lipinski definition) is 6. The number of carbonyl (C=O) groups is 1. The monoisotopic (exact) mass is 374 g/mol. The van der Waals surface area contributed by atoms with E-state index in [0.717, 1.165) is 11.6 Å². The first-order chi connectivity index (χ1) is 12.0. The maximum Gasteiger partial charge on any atom is 0.292 e. The Kier molecular flexibility index (Phi) is 4.64. The molecule has 25 heavy (non-hydrogen) atoms. The Hall–Kier alpha value is -2.97. The summed E-state index contributed by atoms with van der Waals surface area (Å²) in [6.45, 7) is 0. The number of carbonyl (C=O) groups excluding carboxylic acids is 1. The van der Waals surface area contributed by atoms with Crippen molar-refractivity contribution in [1.29, 1.82) is 0 Å². The molecule has 0 fully saturated rings. The molecule has 0 bridgehead atoms. The highest BCUT2D eigenvalue weighted by molar-refractivity contribution is 7.14. The van der Waals surface area contributed by atoms with Crippen LogP contribution in [-0.2, 0) is 0 Å². The van der Waals surface area contributed by atoms with Crippen LogP contribution in [0.3, 0.4) is 0 Å². The van der Waals surface area contributed by atoms with E-state index in [1.807, 2.05) is 18.2 Å². The lowest BCUT2D eigenvalue weighted by Gasteiger charge is -2.03. The van der Waals surface area contributed by atoms with Gasteiger partial charge in [-0.05, 0) is 18.2 Å². The van der Waals surface area contributed by atoms with Crippen molar-refractivity contribution in [3.8, 4) is 11.3 Å². The van der Waals surface area contributed by atoms with Crippen molar-refractivity contribution in [3.05, 3.63) is 68.5 Å². The molecule has 0 saturated carbocycles. The van der Waals surface area contributed by atoms with Crippen LogP contribution in [0.4, 0.5) is 16.5 Å². The predicted octanol–water partition coefficient (Wildman–Crippen LogP) is 4.21. The van der Waals surface area contributed by atoms with Gasteiger partial charge >= 0.3 is 0 Å². The molecular formula is C16H11ClN4O3S. The topological polar surface area (TPSA) is 111 Å². The van der Waals surface area contributed by atoms with E-state index < -0.39 is 10.8 Å². The minimum absolute atomic E-state index is 0.00296. The van der Waals surface area contributed by atoms with E-state index in [2.05, 4.69) is 10.3 Å². The van der Waals surface area contributed by atoms with E-state index >= 15 is 0 Å². The minimum atomic E-state index is -0.634. The van der Waals surface area contributed by atoms with Crippen LogP contribution < -0.4 is 11.1 Å². The Labute approximate surface area is 151 Å². The predicted molar refractivity (Wildman–Crippen MR) is 98.0 cm³/mol. The molecule has 0 atom stereocenters. The third-order valence-electron chi connectivity index (χ3n) is 3.36. The Morgan fingerprint density at radius 3 is 2.76 bits per heavy atom. The summed E-state index contributed by atoms with van der Waals surface area (Å²) in [5.41, 5.74) is 6.72. The summed E-state index contributed by atoms with van der Waals surface area (Å²) in [6, 6.07) is 11.1. The van der Waals surface area contributed by atoms with Crippen molar-refractivity contribution in [1.82, 2.24) is 4.98 Å². The molecule has 0 aliphatic heterocycles. The zero-order valence-corrected chi connectivity index (χ0v) is 14.2. The number of halogens is 1. The highest BCUT2D eigenvalue weighted by atomic mass is 35.5. The maximum atomic E-state index is 12.3. The number of nitro benzene ring substituents is 1. The molecule has 7 nitrogen and oxygen atoms in total. The molecule has 0 spiro atoms. The zero-order chi connectivity index (χ0) is 18.0. The second-order valence-electron chi connectivity index (χ2n) is 5.00. The molecule has 0 aliphatic carbocycles. The van der Waals surface area contributed by atoms with Gasteiger partial charge in [0.2, 0.25) is 0 Å². The van der Waals surface area contributed by atoms with Gasteiger partial charge in [0.1, 0.15) is 5.69 Å². The molecular weight excluding hydrogens is 364 g/mol. The summed E-state index contributed by atoms with van der Waals surface area (Å²) >= 11 is 7.36. The summed E-state index contributed by atoms with van der Waals surface area (Å²) in [4.78, 5) is 26.9. The molecule has 9 heteroatoms. The Bertz CT molecular complexity index is 974. The zero-order valence-electron chi connectivity index (χ0n) is 12.6. The second kappa shape index (κ2) is 6.88. The van der Waals surface area contributed by atoms with Gasteiger partial charge in [0.15, 0.2) is 5.13 Å². The first-order valence-electron chi connectivity index (χ1n) is 7.01. The summed E-state index contributed by atoms with van der Waals surface area (Å²) in [5.74, 6) is -0.511. The Morgan fingerprint density at radius 2 is 2.04 bits per heavy atom. The third-order valence-corrected chi connectivity index (χ3v) is 4.45. The molecule has 1 amide bonds. The maximum absolute atomic E-state index is 12.3. The van der Waals surface area contributed by atoms with E-state index in [0.29, 0.717) is 15.8 Å². The lowest BCUT2D eigenvalue weighted by molar-refractivity contribution is -0.383. The second-order valence-corrected chi connectivity index (χ2v) is 6.27. The summed E-state index contributed by atoms with van der Waals surface area (Å²) in [7, 11) is 0. The van der Waals surface area contributed by atoms with Gasteiger partial charge in [-0.1, -0.05) is 29.8 Å². The van der Waals surface area contributed by atoms with Crippen molar-refractivity contribution < 1.29 is 9.72 Å². The van der Waals surface area contributed by atoms with Crippen LogP contribution >= 0.6 is 22.9 Å². The highest BCUT2D eigenvalue weighted by Crippen LogP contribution is 2.30. The van der Waals surface area contributed by atoms with Crippen molar-refractivity contribution in [2.24, 2.45) is 0 Å². The molecule has 2 aromatic carbocycles. The fourth-order valence-corrected chi connectivity index (χ4v) is 3.07. The lowest BCUT2D eigenvalue weighted by atomic mass is 10.1. The number of anilines is 2. The first-order valence-corrected chi connectivity index (χ1v) is 8.27. The van der Waals surface area contributed by atoms with Gasteiger partial charge in [-0.2, -0.15) is 0 Å². The number of aromatic nitrogens is 1. The number of rotatable bonds is 4. The van der Waals surface area contributed by atoms with E-state index in [9.17, 15) is 14.9 Å². The fraction of sp³-hybridized carbons (Fsp3) is 0. The highest BCUT2D eigenvalue weighted by Gasteiger charge is 2.17. The Balaban J connectivity index is 1.82. The van der Waals surface area contributed by atoms with Crippen LogP contribution in [0.2, 0.25) is 5.02 Å². The molecule has 3 aromatic rings. The van der Waals surface area contributed by atoms with Gasteiger partial charge in [0, 0.05) is 27.6 Å². The Morgan fingerprint density at radius 1 is 1.28 bits per heavy atom. The van der Waals surface area contributed by atoms with Gasteiger partial charge in [-0.25, -0.2) is 4.98 Å². The SMILES string of the molecule is Nc1ccc(C(=O)Nc2nc(-c3ccccc3Cl)cs2)cc1[N+](=O)[O-]. The smallest absolute Gasteiger partial charge is 0.292 e. The number of amides is 1. The number of nitrogens with zero attached hydrogens (tertiary/aromatic N) is 2. The summed E-state index contributed by atoms with van der Waals surface area (Å²) < 4.78 is 0. The van der Waals surface area contributed by atoms with Crippen LogP contribution in [0, 0.1) is 10.1 Å². The number of benzene rings is 2. The quantitative estimate of drug-likeness (QED) is 0.403. The van der Waals surface area contributed by atoms with Crippen LogP contribution in [0.1, 0.15) is 10.4 Å². The average molecular weight is 375 g/mol. The number of hydrogen-bond donors (Lipinski definition) is 2. The van der Waals surface area contributed by atoms with Gasteiger partial charge in [0.05, 0.1) is 10.6 Å². The van der Waals surface area contributed by atoms with E-state index in [1.54, 1.807) is 11.4 Å². The lowest BCUT2D eigenvalue weighted by Crippen LogP contribution is -2.12. The first kappa shape index (κ1) is 16.9. The van der Waals surface area contributed by atoms with Crippen molar-refractivity contribution in [2.75, 3.05) is 11.1 Å². The molecule has 126 valence electrons. The van der Waals surface area contributed by atoms with Crippen molar-refractivity contribution >= 4 is 45.4 Å². The molecule has 3 rings (SSSR count). The summed E-state index contributed by atoms with van der Waals surface area (Å²) in [5, 5.41) is 16.2. The third kappa shape index (κ3) is 3.59. The van der Waals surface area contributed by atoms with Crippen LogP contribution in [0.15, 0.2) is 47.8 Å². The summed E-state index contributed by atoms with van der Waals surface area (Å²) in [6.07, 6.45) is 0. The molecule has 1 heterocycles. The van der Waals surface area contributed by atoms with Gasteiger partial charge in [-0.3, -0.25) is 20.2 Å². The standard InChI is InChI=1S/C16H11ClN4O3S/c17-11-4-2-1-3-10(11)13-8-25-16(19-13)20-15(22)9-5-6-12(18)14(7-9)21(23)24/h1-8H,18H2,(H,19,20,22). The van der Waals surface area contributed by atoms with Crippen LogP contribution in [0.25, 0.3) is 11.3 Å². The molecule has 3 N–H and O–H groups in total. The minimum Gasteiger partial charge on any atom is -0.393 e. The van der Waals surface area contributed by atoms with E-state index in [4.69, 9.17) is 17.3 Å². The van der Waals surface area contributed by atoms with Gasteiger partial charge in [-0.15, -0.1) is 11.3 Å². The molecule has 0 radical (unpaired) electrons. The number of thiazole rings is 1. The number of nitrogens with two attached hydrogens (primary N) is 1. The van der Waals surface area contributed by atoms with Crippen LogP contribution in [-0.4, -0.2) is 15.8 Å². The van der Waals surface area contributed by atoms with Crippen LogP contribution in [0.5, 0.6) is 0 Å². The van der Waals surface area contributed by atoms with Crippen molar-refractivity contribution in [2.45, 2.75) is 0 Å². The van der Waals surface area contributed by atoms with E-state index in [1.165, 1.54) is 23.5 Å². The van der Waals surface area contributed by atoms with Gasteiger partial charge < -0.3 is 5.73 Å². The average Bonchev–Trinajstić information content (AvgIpc) is 3.03. The molecule has 0 unspecified atom stereocenters. The molecule has 1 aromatic heterocycles. The molecule has 0 saturated heterocycles. The van der Waals surface area contributed by atoms with E-state index in [-0.39, 0.29) is 16.9 Å². The largest absolute Gasteiger partial charge is 0.393 e. The number of nitro groups is 1. The normalized spacial score (nSPS) is 10.4. The number of nitrogens with one attached hydrogen (secondary N) is 1. The molecule has 0 aliphatic rings.